The van der Waals surface area contributed by atoms with Crippen molar-refractivity contribution in [3.05, 3.63) is 35.9 Å². The molecule has 0 aromatic heterocycles. The summed E-state index contributed by atoms with van der Waals surface area (Å²) in [6, 6.07) is 5.80. The Morgan fingerprint density at radius 1 is 0.905 bits per heavy atom. The smallest absolute Gasteiger partial charge is 0.407 e. The number of carbonyl (C=O) groups excluding carboxylic acids is 5. The predicted octanol–water partition coefficient (Wildman–Crippen LogP) is 4.43. The topological polar surface area (TPSA) is 205 Å². The van der Waals surface area contributed by atoms with Crippen LogP contribution in [-0.4, -0.2) is 146 Å². The number of amides is 4. The van der Waals surface area contributed by atoms with Crippen molar-refractivity contribution in [2.24, 2.45) is 23.7 Å². The van der Waals surface area contributed by atoms with Crippen LogP contribution in [0, 0.1) is 23.7 Å². The SMILES string of the molecule is CC[C@H](C)[C@@H]([C@@H](CC(=O)[C@]1([C@H](OC)C(C)C(=O)N[C@@H](Cc2ccccc2)C(=O)O)CCCN1)OC)N(C)C(=O)[C@@H](NC(=O)[C@H](C(C)C)N(C)CCCNC(=O)OC(C)(C)C)C(C)C. The average Bonchev–Trinajstić information content (AvgIpc) is 3.71. The van der Waals surface area contributed by atoms with E-state index in [2.05, 4.69) is 21.3 Å². The van der Waals surface area contributed by atoms with Gasteiger partial charge in [0.05, 0.1) is 30.2 Å². The van der Waals surface area contributed by atoms with E-state index in [0.29, 0.717) is 45.3 Å². The van der Waals surface area contributed by atoms with Gasteiger partial charge in [0.2, 0.25) is 17.7 Å². The number of Topliss-reactive ketones (excluding diaryl/α,β-unsaturated/α-hetero) is 1. The number of nitrogens with one attached hydrogen (secondary N) is 4. The van der Waals surface area contributed by atoms with Crippen LogP contribution in [0.4, 0.5) is 4.79 Å². The fourth-order valence-corrected chi connectivity index (χ4v) is 8.78. The first-order chi connectivity index (χ1) is 29.5. The van der Waals surface area contributed by atoms with Gasteiger partial charge in [0.1, 0.15) is 23.2 Å². The van der Waals surface area contributed by atoms with E-state index in [1.807, 2.05) is 59.6 Å². The molecule has 1 aromatic carbocycles. The summed E-state index contributed by atoms with van der Waals surface area (Å²) in [6.45, 7) is 20.0. The number of alkyl carbamates (subject to hydrolysis) is 1. The number of methoxy groups -OCH3 is 2. The summed E-state index contributed by atoms with van der Waals surface area (Å²) in [6.07, 6.45) is -0.00240. The molecule has 0 bridgehead atoms. The van der Waals surface area contributed by atoms with Gasteiger partial charge < -0.3 is 45.5 Å². The minimum absolute atomic E-state index is 0.0840. The van der Waals surface area contributed by atoms with Crippen molar-refractivity contribution in [3.8, 4) is 0 Å². The molecule has 16 heteroatoms. The Morgan fingerprint density at radius 2 is 1.54 bits per heavy atom. The van der Waals surface area contributed by atoms with Crippen molar-refractivity contribution in [1.82, 2.24) is 31.1 Å². The van der Waals surface area contributed by atoms with E-state index in [4.69, 9.17) is 14.2 Å². The van der Waals surface area contributed by atoms with E-state index < -0.39 is 71.4 Å². The molecule has 1 fully saturated rings. The highest BCUT2D eigenvalue weighted by atomic mass is 16.6. The zero-order chi connectivity index (χ0) is 47.8. The van der Waals surface area contributed by atoms with Gasteiger partial charge in [-0.3, -0.25) is 24.1 Å². The lowest BCUT2D eigenvalue weighted by atomic mass is 9.76. The van der Waals surface area contributed by atoms with Crippen LogP contribution in [0.25, 0.3) is 0 Å². The third-order valence-corrected chi connectivity index (χ3v) is 12.2. The number of aliphatic carboxylic acids is 1. The first-order valence-corrected chi connectivity index (χ1v) is 22.6. The number of rotatable bonds is 26. The first kappa shape index (κ1) is 55.0. The lowest BCUT2D eigenvalue weighted by molar-refractivity contribution is -0.148. The van der Waals surface area contributed by atoms with E-state index >= 15 is 0 Å². The predicted molar refractivity (Wildman–Crippen MR) is 243 cm³/mol. The monoisotopic (exact) mass is 889 g/mol. The summed E-state index contributed by atoms with van der Waals surface area (Å²) >= 11 is 0. The van der Waals surface area contributed by atoms with Crippen LogP contribution >= 0.6 is 0 Å². The Morgan fingerprint density at radius 3 is 2.03 bits per heavy atom. The standard InChI is InChI=1S/C47H80N6O10/c1-15-31(6)39(53(12)43(57)37(29(2)3)51-42(56)38(30(4)5)52(11)26-20-24-48-45(60)63-46(8,9)10)35(61-13)28-36(54)47(23-19-25-49-47)40(62-14)32(7)41(55)50-34(44(58)59)27-33-21-17-16-18-22-33/h16-18,21-22,29-32,34-35,37-40,49H,15,19-20,23-28H2,1-14H3,(H,48,60)(H,50,55)(H,51,56)(H,58,59)/t31-,32?,34-,35+,37-,38-,39-,40+,47-/m0/s1. The Balaban J connectivity index is 2.31. The lowest BCUT2D eigenvalue weighted by Crippen LogP contribution is -2.63. The minimum atomic E-state index is -1.29. The Bertz CT molecular complexity index is 1630. The molecule has 358 valence electrons. The molecule has 1 saturated heterocycles. The third-order valence-electron chi connectivity index (χ3n) is 12.2. The normalized spacial score (nSPS) is 19.3. The molecule has 1 aliphatic rings. The highest BCUT2D eigenvalue weighted by Gasteiger charge is 2.52. The van der Waals surface area contributed by atoms with Gasteiger partial charge in [-0.05, 0) is 76.9 Å². The van der Waals surface area contributed by atoms with E-state index in [1.54, 1.807) is 63.9 Å². The first-order valence-electron chi connectivity index (χ1n) is 22.6. The van der Waals surface area contributed by atoms with E-state index in [-0.39, 0.29) is 48.2 Å². The second kappa shape index (κ2) is 25.4. The average molecular weight is 889 g/mol. The van der Waals surface area contributed by atoms with Crippen molar-refractivity contribution in [2.45, 2.75) is 155 Å². The van der Waals surface area contributed by atoms with Crippen LogP contribution in [0.1, 0.15) is 107 Å². The van der Waals surface area contributed by atoms with Crippen LogP contribution in [0.5, 0.6) is 0 Å². The van der Waals surface area contributed by atoms with Crippen molar-refractivity contribution < 1.29 is 48.1 Å². The molecular formula is C47H80N6O10. The Labute approximate surface area is 376 Å². The Kier molecular flexibility index (Phi) is 22.2. The number of ether oxygens (including phenoxy) is 3. The quantitative estimate of drug-likeness (QED) is 0.0821. The van der Waals surface area contributed by atoms with E-state index in [9.17, 15) is 33.9 Å². The molecule has 1 aliphatic heterocycles. The summed E-state index contributed by atoms with van der Waals surface area (Å²) in [4.78, 5) is 85.1. The highest BCUT2D eigenvalue weighted by molar-refractivity contribution is 5.93. The molecule has 1 aromatic rings. The van der Waals surface area contributed by atoms with Crippen LogP contribution in [-0.2, 0) is 44.6 Å². The zero-order valence-corrected chi connectivity index (χ0v) is 40.5. The second-order valence-corrected chi connectivity index (χ2v) is 18.9. The van der Waals surface area contributed by atoms with Gasteiger partial charge in [0.25, 0.3) is 0 Å². The lowest BCUT2D eigenvalue weighted by Gasteiger charge is -2.42. The highest BCUT2D eigenvalue weighted by Crippen LogP contribution is 2.34. The maximum absolute atomic E-state index is 14.8. The molecule has 0 spiro atoms. The summed E-state index contributed by atoms with van der Waals surface area (Å²) < 4.78 is 17.4. The number of hydrogen-bond acceptors (Lipinski definition) is 11. The van der Waals surface area contributed by atoms with Gasteiger partial charge in [-0.25, -0.2) is 9.59 Å². The maximum atomic E-state index is 14.8. The number of likely N-dealkylation sites (N-methyl/N-ethyl adjacent to an activating group) is 2. The largest absolute Gasteiger partial charge is 0.480 e. The number of ketones is 1. The molecule has 0 saturated carbocycles. The molecule has 5 N–H and O–H groups in total. The van der Waals surface area contributed by atoms with Gasteiger partial charge in [-0.2, -0.15) is 0 Å². The van der Waals surface area contributed by atoms with Gasteiger partial charge in [-0.1, -0.05) is 85.2 Å². The summed E-state index contributed by atoms with van der Waals surface area (Å²) in [7, 11) is 6.48. The van der Waals surface area contributed by atoms with Crippen LogP contribution in [0.15, 0.2) is 30.3 Å². The summed E-state index contributed by atoms with van der Waals surface area (Å²) in [5.74, 6) is -4.02. The number of carboxylic acids is 1. The molecule has 16 nitrogen and oxygen atoms in total. The third kappa shape index (κ3) is 15.8. The Hall–Kier alpha value is -4.12. The fraction of sp³-hybridized carbons (Fsp3) is 0.745. The van der Waals surface area contributed by atoms with E-state index in [0.717, 1.165) is 5.56 Å². The summed E-state index contributed by atoms with van der Waals surface area (Å²) in [5, 5.41) is 21.9. The minimum Gasteiger partial charge on any atom is -0.480 e. The summed E-state index contributed by atoms with van der Waals surface area (Å²) in [5.41, 5.74) is -1.15. The number of nitrogens with zero attached hydrogens (tertiary/aromatic N) is 2. The van der Waals surface area contributed by atoms with Gasteiger partial charge in [0, 0.05) is 47.2 Å². The van der Waals surface area contributed by atoms with Crippen LogP contribution in [0.2, 0.25) is 0 Å². The van der Waals surface area contributed by atoms with E-state index in [1.165, 1.54) is 14.2 Å². The fourth-order valence-electron chi connectivity index (χ4n) is 8.78. The van der Waals surface area contributed by atoms with Crippen molar-refractivity contribution in [3.63, 3.8) is 0 Å². The second-order valence-electron chi connectivity index (χ2n) is 18.9. The number of hydrogen-bond donors (Lipinski definition) is 5. The molecule has 4 amide bonds. The molecule has 1 unspecified atom stereocenters. The molecule has 2 rings (SSSR count). The maximum Gasteiger partial charge on any atom is 0.407 e. The van der Waals surface area contributed by atoms with Crippen LogP contribution < -0.4 is 21.3 Å². The molecular weight excluding hydrogens is 809 g/mol. The van der Waals surface area contributed by atoms with Crippen molar-refractivity contribution in [2.75, 3.05) is 47.9 Å². The number of carboxylic acid groups (broad SMARTS) is 1. The zero-order valence-electron chi connectivity index (χ0n) is 40.5. The number of carbonyl (C=O) groups is 6. The molecule has 0 aliphatic carbocycles. The molecule has 1 heterocycles. The van der Waals surface area contributed by atoms with Gasteiger partial charge in [-0.15, -0.1) is 0 Å². The molecule has 0 radical (unpaired) electrons. The molecule has 9 atom stereocenters. The van der Waals surface area contributed by atoms with Crippen molar-refractivity contribution >= 4 is 35.6 Å². The molecule has 63 heavy (non-hydrogen) atoms. The van der Waals surface area contributed by atoms with Gasteiger partial charge >= 0.3 is 12.1 Å². The van der Waals surface area contributed by atoms with Crippen molar-refractivity contribution in [1.29, 1.82) is 0 Å². The van der Waals surface area contributed by atoms with Crippen LogP contribution in [0.3, 0.4) is 0 Å². The number of benzene rings is 1. The van der Waals surface area contributed by atoms with Gasteiger partial charge in [0.15, 0.2) is 5.78 Å².